The lowest BCUT2D eigenvalue weighted by atomic mass is 10.1. The summed E-state index contributed by atoms with van der Waals surface area (Å²) in [6.07, 6.45) is 1.72. The zero-order chi connectivity index (χ0) is 24.2. The van der Waals surface area contributed by atoms with Crippen molar-refractivity contribution in [1.29, 1.82) is 0 Å². The van der Waals surface area contributed by atoms with Crippen molar-refractivity contribution in [2.24, 2.45) is 0 Å². The van der Waals surface area contributed by atoms with Gasteiger partial charge in [0, 0.05) is 29.7 Å². The van der Waals surface area contributed by atoms with Crippen LogP contribution in [0.3, 0.4) is 0 Å². The van der Waals surface area contributed by atoms with Crippen LogP contribution >= 0.6 is 11.6 Å². The van der Waals surface area contributed by atoms with Crippen LogP contribution in [0.4, 0.5) is 0 Å². The van der Waals surface area contributed by atoms with Crippen molar-refractivity contribution in [2.75, 3.05) is 7.11 Å². The van der Waals surface area contributed by atoms with Crippen LogP contribution in [0.2, 0.25) is 5.02 Å². The Labute approximate surface area is 207 Å². The predicted octanol–water partition coefficient (Wildman–Crippen LogP) is 4.58. The Bertz CT molecular complexity index is 1530. The molecule has 1 N–H and O–H groups in total. The van der Waals surface area contributed by atoms with Crippen molar-refractivity contribution in [3.8, 4) is 11.4 Å². The number of methoxy groups -OCH3 is 1. The number of nitrogens with one attached hydrogen (secondary N) is 1. The van der Waals surface area contributed by atoms with Crippen molar-refractivity contribution in [3.05, 3.63) is 117 Å². The monoisotopic (exact) mass is 485 g/mol. The second kappa shape index (κ2) is 10.1. The number of fused-ring (bicyclic) bond motifs is 1. The van der Waals surface area contributed by atoms with Gasteiger partial charge in [-0.25, -0.2) is 0 Å². The molecule has 0 bridgehead atoms. The number of halogens is 1. The maximum absolute atomic E-state index is 13.5. The van der Waals surface area contributed by atoms with E-state index in [-0.39, 0.29) is 5.56 Å². The quantitative estimate of drug-likeness (QED) is 0.348. The molecule has 0 fully saturated rings. The van der Waals surface area contributed by atoms with Crippen LogP contribution in [0.5, 0.6) is 5.75 Å². The van der Waals surface area contributed by atoms with Gasteiger partial charge in [-0.1, -0.05) is 48.0 Å². The maximum atomic E-state index is 13.5. The summed E-state index contributed by atoms with van der Waals surface area (Å²) in [5.41, 5.74) is 3.94. The van der Waals surface area contributed by atoms with Gasteiger partial charge in [-0.3, -0.25) is 4.79 Å². The summed E-state index contributed by atoms with van der Waals surface area (Å²) < 4.78 is 7.15. The predicted molar refractivity (Wildman–Crippen MR) is 137 cm³/mol. The molecule has 0 spiro atoms. The van der Waals surface area contributed by atoms with Gasteiger partial charge in [0.1, 0.15) is 5.75 Å². The molecule has 0 unspecified atom stereocenters. The smallest absolute Gasteiger partial charge is 0.255 e. The summed E-state index contributed by atoms with van der Waals surface area (Å²) in [5.74, 6) is 0.692. The van der Waals surface area contributed by atoms with E-state index in [1.54, 1.807) is 22.7 Å². The molecular weight excluding hydrogens is 462 g/mol. The molecule has 5 rings (SSSR count). The van der Waals surface area contributed by atoms with Gasteiger partial charge in [0.05, 0.1) is 36.7 Å². The lowest BCUT2D eigenvalue weighted by molar-refractivity contribution is 0.415. The van der Waals surface area contributed by atoms with E-state index in [0.717, 1.165) is 27.8 Å². The van der Waals surface area contributed by atoms with Gasteiger partial charge in [0.2, 0.25) is 0 Å². The Morgan fingerprint density at radius 3 is 2.54 bits per heavy atom. The van der Waals surface area contributed by atoms with Crippen molar-refractivity contribution >= 4 is 22.5 Å². The van der Waals surface area contributed by atoms with Crippen LogP contribution < -0.4 is 15.6 Å². The third kappa shape index (κ3) is 4.96. The highest BCUT2D eigenvalue weighted by Gasteiger charge is 2.13. The second-order valence-corrected chi connectivity index (χ2v) is 8.55. The van der Waals surface area contributed by atoms with E-state index in [0.29, 0.717) is 36.0 Å². The minimum Gasteiger partial charge on any atom is -0.497 e. The number of aromatic nitrogens is 4. The summed E-state index contributed by atoms with van der Waals surface area (Å²) >= 11 is 6.41. The van der Waals surface area contributed by atoms with Crippen LogP contribution in [0.1, 0.15) is 16.8 Å². The molecule has 3 aromatic carbocycles. The zero-order valence-corrected chi connectivity index (χ0v) is 19.9. The molecule has 0 atom stereocenters. The van der Waals surface area contributed by atoms with Gasteiger partial charge in [0.15, 0.2) is 0 Å². The number of benzene rings is 3. The number of pyridine rings is 1. The van der Waals surface area contributed by atoms with E-state index in [9.17, 15) is 4.79 Å². The first-order valence-corrected chi connectivity index (χ1v) is 11.6. The maximum Gasteiger partial charge on any atom is 0.255 e. The standard InChI is InChI=1S/C27H24ClN5O2/c1-35-24-12-11-19-13-21(15-29-16-22-17-30-33(31-22)23-8-3-2-4-9-23)27(34)32(26(19)14-24)18-20-7-5-6-10-25(20)28/h2-14,17,29H,15-16,18H2,1H3. The minimum atomic E-state index is -0.0777. The Morgan fingerprint density at radius 1 is 0.943 bits per heavy atom. The van der Waals surface area contributed by atoms with Crippen molar-refractivity contribution in [2.45, 2.75) is 19.6 Å². The molecule has 5 aromatic rings. The van der Waals surface area contributed by atoms with Crippen LogP contribution in [0, 0.1) is 0 Å². The fourth-order valence-electron chi connectivity index (χ4n) is 4.01. The van der Waals surface area contributed by atoms with Crippen LogP contribution in [-0.2, 0) is 19.6 Å². The van der Waals surface area contributed by atoms with Gasteiger partial charge in [0.25, 0.3) is 5.56 Å². The van der Waals surface area contributed by atoms with Crippen LogP contribution in [-0.4, -0.2) is 26.7 Å². The van der Waals surface area contributed by atoms with Gasteiger partial charge >= 0.3 is 0 Å². The SMILES string of the molecule is COc1ccc2cc(CNCc3cnn(-c4ccccc4)n3)c(=O)n(Cc3ccccc3Cl)c2c1. The highest BCUT2D eigenvalue weighted by atomic mass is 35.5. The van der Waals surface area contributed by atoms with Crippen LogP contribution in [0.15, 0.2) is 89.9 Å². The molecule has 0 saturated carbocycles. The fraction of sp³-hybridized carbons (Fsp3) is 0.148. The highest BCUT2D eigenvalue weighted by molar-refractivity contribution is 6.31. The van der Waals surface area contributed by atoms with Gasteiger partial charge in [-0.05, 0) is 47.3 Å². The van der Waals surface area contributed by atoms with E-state index < -0.39 is 0 Å². The normalized spacial score (nSPS) is 11.1. The average molecular weight is 486 g/mol. The lowest BCUT2D eigenvalue weighted by Gasteiger charge is -2.15. The topological polar surface area (TPSA) is 74.0 Å². The number of ether oxygens (including phenoxy) is 1. The van der Waals surface area contributed by atoms with Crippen LogP contribution in [0.25, 0.3) is 16.6 Å². The minimum absolute atomic E-state index is 0.0777. The van der Waals surface area contributed by atoms with Crippen molar-refractivity contribution < 1.29 is 4.74 Å². The second-order valence-electron chi connectivity index (χ2n) is 8.14. The molecule has 7 nitrogen and oxygen atoms in total. The Hall–Kier alpha value is -3.94. The first-order valence-electron chi connectivity index (χ1n) is 11.2. The van der Waals surface area contributed by atoms with E-state index >= 15 is 0 Å². The largest absolute Gasteiger partial charge is 0.497 e. The number of rotatable bonds is 8. The molecule has 35 heavy (non-hydrogen) atoms. The Morgan fingerprint density at radius 2 is 1.74 bits per heavy atom. The summed E-state index contributed by atoms with van der Waals surface area (Å²) in [6, 6.07) is 25.0. The van der Waals surface area contributed by atoms with E-state index in [2.05, 4.69) is 15.5 Å². The molecule has 8 heteroatoms. The summed E-state index contributed by atoms with van der Waals surface area (Å²) in [7, 11) is 1.62. The fourth-order valence-corrected chi connectivity index (χ4v) is 4.20. The van der Waals surface area contributed by atoms with E-state index in [4.69, 9.17) is 16.3 Å². The van der Waals surface area contributed by atoms with Gasteiger partial charge in [-0.15, -0.1) is 0 Å². The molecule has 2 heterocycles. The molecule has 0 aliphatic heterocycles. The third-order valence-electron chi connectivity index (χ3n) is 5.81. The molecule has 0 amide bonds. The summed E-state index contributed by atoms with van der Waals surface area (Å²) in [5, 5.41) is 13.8. The Kier molecular flexibility index (Phi) is 6.61. The molecule has 0 aliphatic rings. The number of hydrogen-bond acceptors (Lipinski definition) is 5. The summed E-state index contributed by atoms with van der Waals surface area (Å²) in [6.45, 7) is 1.24. The van der Waals surface area contributed by atoms with E-state index in [1.165, 1.54) is 0 Å². The molecule has 0 saturated heterocycles. The number of hydrogen-bond donors (Lipinski definition) is 1. The molecule has 176 valence electrons. The molecule has 2 aromatic heterocycles. The molecular formula is C27H24ClN5O2. The highest BCUT2D eigenvalue weighted by Crippen LogP contribution is 2.23. The van der Waals surface area contributed by atoms with Crippen molar-refractivity contribution in [1.82, 2.24) is 24.9 Å². The lowest BCUT2D eigenvalue weighted by Crippen LogP contribution is -2.28. The zero-order valence-electron chi connectivity index (χ0n) is 19.2. The number of para-hydroxylation sites is 1. The first-order chi connectivity index (χ1) is 17.1. The first kappa shape index (κ1) is 22.8. The summed E-state index contributed by atoms with van der Waals surface area (Å²) in [4.78, 5) is 15.1. The average Bonchev–Trinajstić information content (AvgIpc) is 3.37. The van der Waals surface area contributed by atoms with E-state index in [1.807, 2.05) is 78.9 Å². The Balaban J connectivity index is 1.41. The molecule has 0 aliphatic carbocycles. The molecule has 0 radical (unpaired) electrons. The van der Waals surface area contributed by atoms with Crippen molar-refractivity contribution in [3.63, 3.8) is 0 Å². The van der Waals surface area contributed by atoms with Gasteiger partial charge in [-0.2, -0.15) is 15.0 Å². The van der Waals surface area contributed by atoms with Gasteiger partial charge < -0.3 is 14.6 Å². The third-order valence-corrected chi connectivity index (χ3v) is 6.18. The number of nitrogens with zero attached hydrogens (tertiary/aromatic N) is 4.